The summed E-state index contributed by atoms with van der Waals surface area (Å²) in [7, 11) is 0. The summed E-state index contributed by atoms with van der Waals surface area (Å²) in [6, 6.07) is 1.26. The molecule has 1 aromatic heterocycles. The molecule has 0 fully saturated rings. The smallest absolute Gasteiger partial charge is 0.360 e. The third-order valence-corrected chi connectivity index (χ3v) is 3.12. The second-order valence-electron chi connectivity index (χ2n) is 4.16. The summed E-state index contributed by atoms with van der Waals surface area (Å²) in [6.45, 7) is 0. The molecule has 2 aromatic rings. The van der Waals surface area contributed by atoms with Gasteiger partial charge >= 0.3 is 6.18 Å². The van der Waals surface area contributed by atoms with Gasteiger partial charge in [-0.15, -0.1) is 0 Å². The van der Waals surface area contributed by atoms with E-state index in [1.54, 1.807) is 0 Å². The van der Waals surface area contributed by atoms with Crippen LogP contribution in [0.1, 0.15) is 11.1 Å². The molecule has 7 heteroatoms. The molecule has 0 aliphatic carbocycles. The van der Waals surface area contributed by atoms with E-state index in [0.29, 0.717) is 11.8 Å². The number of aromatic nitrogens is 1. The Kier molecular flexibility index (Phi) is 3.56. The minimum atomic E-state index is -4.49. The summed E-state index contributed by atoms with van der Waals surface area (Å²) < 4.78 is 38.9. The van der Waals surface area contributed by atoms with Gasteiger partial charge in [-0.3, -0.25) is 0 Å². The lowest BCUT2D eigenvalue weighted by molar-refractivity contribution is -0.136. The zero-order valence-corrected chi connectivity index (χ0v) is 10.3. The highest BCUT2D eigenvalue weighted by molar-refractivity contribution is 6.35. The number of alkyl halides is 3. The molecule has 1 heterocycles. The fourth-order valence-corrected chi connectivity index (χ4v) is 2.19. The lowest BCUT2D eigenvalue weighted by Gasteiger charge is -2.11. The number of nitrogens with one attached hydrogen (secondary N) is 1. The first-order valence-electron chi connectivity index (χ1n) is 5.41. The van der Waals surface area contributed by atoms with Crippen LogP contribution in [0.15, 0.2) is 18.3 Å². The molecule has 102 valence electrons. The molecule has 1 atom stereocenters. The number of rotatable bonds is 3. The van der Waals surface area contributed by atoms with Gasteiger partial charge in [0.2, 0.25) is 0 Å². The van der Waals surface area contributed by atoms with Crippen LogP contribution in [-0.2, 0) is 17.4 Å². The molecule has 1 aromatic carbocycles. The van der Waals surface area contributed by atoms with Gasteiger partial charge in [0.05, 0.1) is 22.1 Å². The van der Waals surface area contributed by atoms with Crippen LogP contribution in [0, 0.1) is 0 Å². The average Bonchev–Trinajstić information content (AvgIpc) is 2.73. The Labute approximate surface area is 111 Å². The Balaban J connectivity index is 2.67. The zero-order chi connectivity index (χ0) is 14.2. The van der Waals surface area contributed by atoms with E-state index in [4.69, 9.17) is 17.3 Å². The highest BCUT2D eigenvalue weighted by atomic mass is 35.5. The van der Waals surface area contributed by atoms with Gasteiger partial charge in [0, 0.05) is 11.6 Å². The second kappa shape index (κ2) is 4.86. The number of carbonyl (C=O) groups excluding carboxylic acids is 1. The van der Waals surface area contributed by atoms with Crippen molar-refractivity contribution in [3.05, 3.63) is 34.5 Å². The Morgan fingerprint density at radius 3 is 2.68 bits per heavy atom. The summed E-state index contributed by atoms with van der Waals surface area (Å²) in [5.74, 6) is 0. The first-order valence-corrected chi connectivity index (χ1v) is 5.79. The molecule has 3 nitrogen and oxygen atoms in total. The number of halogens is 4. The van der Waals surface area contributed by atoms with Crippen LogP contribution in [0.5, 0.6) is 0 Å². The third-order valence-electron chi connectivity index (χ3n) is 2.80. The number of aldehydes is 1. The third kappa shape index (κ3) is 2.59. The fourth-order valence-electron chi connectivity index (χ4n) is 1.98. The number of benzene rings is 1. The minimum absolute atomic E-state index is 0.0208. The van der Waals surface area contributed by atoms with Crippen molar-refractivity contribution in [3.8, 4) is 0 Å². The van der Waals surface area contributed by atoms with Crippen molar-refractivity contribution in [3.63, 3.8) is 0 Å². The van der Waals surface area contributed by atoms with E-state index in [0.717, 1.165) is 6.07 Å². The van der Waals surface area contributed by atoms with Crippen molar-refractivity contribution in [1.29, 1.82) is 0 Å². The van der Waals surface area contributed by atoms with Crippen molar-refractivity contribution in [2.75, 3.05) is 0 Å². The van der Waals surface area contributed by atoms with Gasteiger partial charge in [0.15, 0.2) is 0 Å². The number of H-pyrrole nitrogens is 1. The van der Waals surface area contributed by atoms with Crippen molar-refractivity contribution in [1.82, 2.24) is 4.98 Å². The lowest BCUT2D eigenvalue weighted by atomic mass is 10.0. The van der Waals surface area contributed by atoms with Gasteiger partial charge in [-0.25, -0.2) is 0 Å². The number of fused-ring (bicyclic) bond motifs is 1. The van der Waals surface area contributed by atoms with E-state index in [2.05, 4.69) is 4.98 Å². The molecule has 0 spiro atoms. The molecule has 0 bridgehead atoms. The Bertz CT molecular complexity index is 621. The monoisotopic (exact) mass is 290 g/mol. The first-order chi connectivity index (χ1) is 8.84. The molecule has 19 heavy (non-hydrogen) atoms. The molecule has 0 amide bonds. The van der Waals surface area contributed by atoms with E-state index in [-0.39, 0.29) is 22.3 Å². The molecular weight excluding hydrogens is 281 g/mol. The van der Waals surface area contributed by atoms with Crippen LogP contribution in [0.2, 0.25) is 5.02 Å². The van der Waals surface area contributed by atoms with E-state index in [1.165, 1.54) is 12.3 Å². The largest absolute Gasteiger partial charge is 0.417 e. The quantitative estimate of drug-likeness (QED) is 0.854. The van der Waals surface area contributed by atoms with Crippen LogP contribution >= 0.6 is 11.6 Å². The normalized spacial score (nSPS) is 13.7. The van der Waals surface area contributed by atoms with Gasteiger partial charge in [0.25, 0.3) is 0 Å². The van der Waals surface area contributed by atoms with Gasteiger partial charge in [-0.05, 0) is 24.1 Å². The number of aromatic amines is 1. The molecule has 2 rings (SSSR count). The summed E-state index contributed by atoms with van der Waals surface area (Å²) in [5.41, 5.74) is 5.19. The van der Waals surface area contributed by atoms with Crippen molar-refractivity contribution in [2.45, 2.75) is 18.6 Å². The Morgan fingerprint density at radius 1 is 1.42 bits per heavy atom. The number of carbonyl (C=O) groups is 1. The highest BCUT2D eigenvalue weighted by Crippen LogP contribution is 2.38. The van der Waals surface area contributed by atoms with Crippen molar-refractivity contribution >= 4 is 28.8 Å². The summed E-state index contributed by atoms with van der Waals surface area (Å²) in [6.07, 6.45) is -2.58. The topological polar surface area (TPSA) is 58.9 Å². The first kappa shape index (κ1) is 13.9. The van der Waals surface area contributed by atoms with Gasteiger partial charge < -0.3 is 15.5 Å². The average molecular weight is 291 g/mol. The highest BCUT2D eigenvalue weighted by Gasteiger charge is 2.34. The predicted octanol–water partition coefficient (Wildman–Crippen LogP) is 2.91. The predicted molar refractivity (Wildman–Crippen MR) is 66.1 cm³/mol. The van der Waals surface area contributed by atoms with E-state index in [1.807, 2.05) is 0 Å². The van der Waals surface area contributed by atoms with Gasteiger partial charge in [-0.1, -0.05) is 11.6 Å². The number of hydrogen-bond acceptors (Lipinski definition) is 2. The zero-order valence-electron chi connectivity index (χ0n) is 9.59. The van der Waals surface area contributed by atoms with Crippen LogP contribution < -0.4 is 5.73 Å². The van der Waals surface area contributed by atoms with E-state index >= 15 is 0 Å². The van der Waals surface area contributed by atoms with Crippen LogP contribution in [0.25, 0.3) is 10.9 Å². The standard InChI is InChI=1S/C12H10ClF3N2O/c13-9-2-1-8(12(14,15)16)10-6(3-7(17)5-19)4-18-11(9)10/h1-2,4-5,7,18H,3,17H2/t7-/m0/s1. The maximum absolute atomic E-state index is 13.0. The molecule has 0 radical (unpaired) electrons. The van der Waals surface area contributed by atoms with Gasteiger partial charge in [0.1, 0.15) is 6.29 Å². The Morgan fingerprint density at radius 2 is 2.11 bits per heavy atom. The minimum Gasteiger partial charge on any atom is -0.360 e. The molecular formula is C12H10ClF3N2O. The van der Waals surface area contributed by atoms with Crippen LogP contribution in [0.4, 0.5) is 13.2 Å². The molecule has 0 aliphatic heterocycles. The maximum atomic E-state index is 13.0. The summed E-state index contributed by atoms with van der Waals surface area (Å²) >= 11 is 5.86. The molecule has 0 saturated carbocycles. The maximum Gasteiger partial charge on any atom is 0.417 e. The van der Waals surface area contributed by atoms with Crippen LogP contribution in [0.3, 0.4) is 0 Å². The Hall–Kier alpha value is -1.53. The second-order valence-corrected chi connectivity index (χ2v) is 4.57. The summed E-state index contributed by atoms with van der Waals surface area (Å²) in [5, 5.41) is 0.159. The molecule has 0 saturated heterocycles. The summed E-state index contributed by atoms with van der Waals surface area (Å²) in [4.78, 5) is 13.2. The van der Waals surface area contributed by atoms with Crippen LogP contribution in [-0.4, -0.2) is 17.3 Å². The lowest BCUT2D eigenvalue weighted by Crippen LogP contribution is -2.24. The van der Waals surface area contributed by atoms with Crippen molar-refractivity contribution < 1.29 is 18.0 Å². The molecule has 0 aliphatic rings. The molecule has 0 unspecified atom stereocenters. The van der Waals surface area contributed by atoms with Crippen molar-refractivity contribution in [2.24, 2.45) is 5.73 Å². The number of hydrogen-bond donors (Lipinski definition) is 2. The van der Waals surface area contributed by atoms with E-state index < -0.39 is 17.8 Å². The molecule has 3 N–H and O–H groups in total. The fraction of sp³-hybridized carbons (Fsp3) is 0.250. The van der Waals surface area contributed by atoms with E-state index in [9.17, 15) is 18.0 Å². The SMILES string of the molecule is N[C@H](C=O)Cc1c[nH]c2c(Cl)ccc(C(F)(F)F)c12. The number of nitrogens with two attached hydrogens (primary N) is 1. The van der Waals surface area contributed by atoms with Gasteiger partial charge in [-0.2, -0.15) is 13.2 Å².